The second-order valence-corrected chi connectivity index (χ2v) is 19.3. The average Bonchev–Trinajstić information content (AvgIpc) is 4.21. The third-order valence-corrected chi connectivity index (χ3v) is 14.3. The van der Waals surface area contributed by atoms with Gasteiger partial charge in [0.1, 0.15) is 17.9 Å². The first-order valence-corrected chi connectivity index (χ1v) is 24.5. The number of carbonyl (C=O) groups is 4. The number of carboxylic acid groups (broad SMARTS) is 2. The van der Waals surface area contributed by atoms with Crippen molar-refractivity contribution in [3.63, 3.8) is 0 Å². The Kier molecular flexibility index (Phi) is 20.0. The normalized spacial score (nSPS) is 18.7. The van der Waals surface area contributed by atoms with Crippen LogP contribution in [-0.4, -0.2) is 111 Å². The van der Waals surface area contributed by atoms with Gasteiger partial charge in [-0.3, -0.25) is 24.1 Å². The molecule has 4 aliphatic rings. The molecule has 15 nitrogen and oxygen atoms in total. The number of aldehydes is 1. The highest BCUT2D eigenvalue weighted by Gasteiger charge is 2.41. The predicted molar refractivity (Wildman–Crippen MR) is 272 cm³/mol. The minimum Gasteiger partial charge on any atom is -0.483 e. The summed E-state index contributed by atoms with van der Waals surface area (Å²) in [5.74, 6) is 2.36. The molecule has 3 fully saturated rings. The van der Waals surface area contributed by atoms with Gasteiger partial charge in [-0.15, -0.1) is 0 Å². The van der Waals surface area contributed by atoms with Crippen molar-refractivity contribution in [3.05, 3.63) is 106 Å². The van der Waals surface area contributed by atoms with Crippen LogP contribution in [0.15, 0.2) is 71.7 Å². The average molecular weight is 947 g/mol. The Morgan fingerprint density at radius 2 is 1.46 bits per heavy atom. The highest BCUT2D eigenvalue weighted by molar-refractivity contribution is 5.86. The second-order valence-electron chi connectivity index (χ2n) is 19.3. The molecule has 4 atom stereocenters. The van der Waals surface area contributed by atoms with Crippen molar-refractivity contribution in [2.45, 2.75) is 128 Å². The summed E-state index contributed by atoms with van der Waals surface area (Å²) in [5.41, 5.74) is 9.90. The molecule has 1 spiro atoms. The topological polar surface area (TPSA) is 214 Å². The fourth-order valence-corrected chi connectivity index (χ4v) is 10.6. The number of nitrogens with zero attached hydrogens (tertiary/aromatic N) is 4. The van der Waals surface area contributed by atoms with Crippen LogP contribution in [0, 0.1) is 18.8 Å². The molecule has 1 amide bonds. The van der Waals surface area contributed by atoms with Crippen LogP contribution >= 0.6 is 0 Å². The Hall–Kier alpha value is -6.03. The van der Waals surface area contributed by atoms with E-state index < -0.39 is 0 Å². The van der Waals surface area contributed by atoms with Gasteiger partial charge >= 0.3 is 0 Å². The third-order valence-electron chi connectivity index (χ3n) is 14.3. The summed E-state index contributed by atoms with van der Waals surface area (Å²) in [4.78, 5) is 73.7. The number of fused-ring (bicyclic) bond motifs is 3. The van der Waals surface area contributed by atoms with E-state index in [-0.39, 0.29) is 48.5 Å². The SMILES string of the molecule is CNC(C(=O)N1CCCC1c1nc2ccc(-c3cccc4c3CCC43CCCC3)cc2c(=O)[nH]1)C(C)C.CNC(C=O)C(C)C.Cc1ccc(-c2cnc(C3CCCN3C)[nH]2)cc1.O=CO.O=CO. The second kappa shape index (κ2) is 25.5. The molecule has 4 heterocycles. The van der Waals surface area contributed by atoms with Gasteiger partial charge in [-0.05, 0) is 143 Å². The summed E-state index contributed by atoms with van der Waals surface area (Å²) in [6, 6.07) is 21.4. The lowest BCUT2D eigenvalue weighted by Gasteiger charge is -2.30. The molecule has 69 heavy (non-hydrogen) atoms. The van der Waals surface area contributed by atoms with Gasteiger partial charge in [0, 0.05) is 6.54 Å². The minimum absolute atomic E-state index is 0.0231. The smallest absolute Gasteiger partial charge is 0.290 e. The summed E-state index contributed by atoms with van der Waals surface area (Å²) >= 11 is 0. The Bertz CT molecular complexity index is 2510. The maximum atomic E-state index is 13.3. The number of imidazole rings is 1. The molecule has 2 saturated heterocycles. The van der Waals surface area contributed by atoms with Crippen molar-refractivity contribution >= 4 is 36.0 Å². The van der Waals surface area contributed by atoms with Crippen LogP contribution in [0.1, 0.15) is 126 Å². The lowest BCUT2D eigenvalue weighted by atomic mass is 9.80. The van der Waals surface area contributed by atoms with E-state index in [9.17, 15) is 14.4 Å². The minimum atomic E-state index is -0.250. The van der Waals surface area contributed by atoms with Crippen molar-refractivity contribution in [1.29, 1.82) is 0 Å². The molecule has 2 aliphatic heterocycles. The molecule has 372 valence electrons. The maximum Gasteiger partial charge on any atom is 0.290 e. The van der Waals surface area contributed by atoms with E-state index in [1.165, 1.54) is 79.3 Å². The van der Waals surface area contributed by atoms with Gasteiger partial charge in [-0.2, -0.15) is 0 Å². The van der Waals surface area contributed by atoms with Gasteiger partial charge in [-0.25, -0.2) is 9.97 Å². The monoisotopic (exact) mass is 947 g/mol. The maximum absolute atomic E-state index is 13.3. The number of aromatic amines is 2. The van der Waals surface area contributed by atoms with Crippen LogP contribution < -0.4 is 16.2 Å². The van der Waals surface area contributed by atoms with Gasteiger partial charge in [0.15, 0.2) is 0 Å². The number of rotatable bonds is 10. The third kappa shape index (κ3) is 13.0. The van der Waals surface area contributed by atoms with E-state index >= 15 is 0 Å². The summed E-state index contributed by atoms with van der Waals surface area (Å²) in [6.07, 6.45) is 14.7. The largest absolute Gasteiger partial charge is 0.483 e. The molecule has 5 aromatic rings. The number of benzene rings is 3. The van der Waals surface area contributed by atoms with E-state index in [0.29, 0.717) is 40.6 Å². The Morgan fingerprint density at radius 1 is 0.812 bits per heavy atom. The molecule has 2 aromatic heterocycles. The fraction of sp³-hybridized carbons (Fsp3) is 0.500. The van der Waals surface area contributed by atoms with Crippen molar-refractivity contribution in [2.24, 2.45) is 11.8 Å². The standard InChI is InChI=1S/C31H38N4O2.C15H19N3.C6H13NO.2CH2O2/c1-19(2)27(32-3)30(37)35-17-7-10-26(35)28-33-25-12-11-20(18-23(25)29(36)34-28)21-8-6-9-24-22(21)13-16-31(24)14-4-5-15-31;1-11-5-7-12(8-6-11)13-10-16-15(17-13)14-4-3-9-18(14)2;1-5(2)6(4-8)7-3;2*2-1-3/h6,8-9,11-12,18-19,26-27,32H,4-5,7,10,13-17H2,1-3H3,(H,33,34,36);5-8,10,14H,3-4,9H2,1-2H3,(H,16,17);4-7H,1-3H3;2*1H,(H,2,3). The molecule has 6 N–H and O–H groups in total. The summed E-state index contributed by atoms with van der Waals surface area (Å²) in [5, 5.41) is 20.4. The van der Waals surface area contributed by atoms with Gasteiger partial charge in [0.25, 0.3) is 18.5 Å². The molecule has 2 aliphatic carbocycles. The first kappa shape index (κ1) is 53.9. The first-order chi connectivity index (χ1) is 33.2. The molecular formula is C54H74N8O7. The van der Waals surface area contributed by atoms with Crippen LogP contribution in [0.25, 0.3) is 33.3 Å². The number of H-pyrrole nitrogens is 2. The molecule has 0 radical (unpaired) electrons. The number of aryl methyl sites for hydroxylation is 1. The van der Waals surface area contributed by atoms with Crippen LogP contribution in [0.2, 0.25) is 0 Å². The Morgan fingerprint density at radius 3 is 2.04 bits per heavy atom. The first-order valence-electron chi connectivity index (χ1n) is 24.5. The van der Waals surface area contributed by atoms with E-state index in [1.807, 2.05) is 58.0 Å². The highest BCUT2D eigenvalue weighted by Crippen LogP contribution is 2.52. The highest BCUT2D eigenvalue weighted by atomic mass is 16.3. The molecule has 1 saturated carbocycles. The molecule has 4 unspecified atom stereocenters. The van der Waals surface area contributed by atoms with E-state index in [4.69, 9.17) is 24.8 Å². The molecule has 3 aromatic carbocycles. The number of hydrogen-bond donors (Lipinski definition) is 6. The van der Waals surface area contributed by atoms with Crippen LogP contribution in [0.4, 0.5) is 0 Å². The number of carbonyl (C=O) groups excluding carboxylic acids is 2. The number of nitrogens with one attached hydrogen (secondary N) is 4. The zero-order chi connectivity index (χ0) is 50.3. The number of likely N-dealkylation sites (tertiary alicyclic amines) is 2. The van der Waals surface area contributed by atoms with Crippen LogP contribution in [-0.2, 0) is 31.0 Å². The molecule has 9 rings (SSSR count). The van der Waals surface area contributed by atoms with E-state index in [2.05, 4.69) is 93.0 Å². The number of hydrogen-bond acceptors (Lipinski definition) is 10. The summed E-state index contributed by atoms with van der Waals surface area (Å²) < 4.78 is 0. The van der Waals surface area contributed by atoms with Crippen LogP contribution in [0.5, 0.6) is 0 Å². The lowest BCUT2D eigenvalue weighted by molar-refractivity contribution is -0.135. The number of amides is 1. The summed E-state index contributed by atoms with van der Waals surface area (Å²) in [6.45, 7) is 11.6. The molecular weight excluding hydrogens is 873 g/mol. The predicted octanol–water partition coefficient (Wildman–Crippen LogP) is 8.24. The Balaban J connectivity index is 0.000000229. The fourth-order valence-electron chi connectivity index (χ4n) is 10.6. The van der Waals surface area contributed by atoms with Gasteiger partial charge < -0.3 is 40.5 Å². The zero-order valence-electron chi connectivity index (χ0n) is 41.8. The Labute approximate surface area is 406 Å². The van der Waals surface area contributed by atoms with Crippen molar-refractivity contribution in [1.82, 2.24) is 40.4 Å². The van der Waals surface area contributed by atoms with Gasteiger partial charge in [0.2, 0.25) is 5.91 Å². The summed E-state index contributed by atoms with van der Waals surface area (Å²) in [7, 11) is 5.79. The van der Waals surface area contributed by atoms with Crippen molar-refractivity contribution in [2.75, 3.05) is 34.2 Å². The van der Waals surface area contributed by atoms with E-state index in [1.54, 1.807) is 7.05 Å². The van der Waals surface area contributed by atoms with Crippen LogP contribution in [0.3, 0.4) is 0 Å². The lowest BCUT2D eigenvalue weighted by Crippen LogP contribution is -2.48. The van der Waals surface area contributed by atoms with Gasteiger partial charge in [-0.1, -0.05) is 94.6 Å². The van der Waals surface area contributed by atoms with Crippen molar-refractivity contribution in [3.8, 4) is 22.4 Å². The number of aromatic nitrogens is 4. The molecule has 15 heteroatoms. The quantitative estimate of drug-likeness (QED) is 0.0731. The number of likely N-dealkylation sites (N-methyl/N-ethyl adjacent to an activating group) is 2. The van der Waals surface area contributed by atoms with E-state index in [0.717, 1.165) is 42.6 Å². The molecule has 0 bridgehead atoms. The zero-order valence-corrected chi connectivity index (χ0v) is 41.8. The van der Waals surface area contributed by atoms with Gasteiger partial charge in [0.05, 0.1) is 47.0 Å². The van der Waals surface area contributed by atoms with Crippen molar-refractivity contribution < 1.29 is 29.4 Å².